The standard InChI is InChI=1S/C58H110O12S/c1-3-5-7-9-11-13-15-17-19-21-23-25-26-28-30-32-34-36-38-40-42-44-46-48-66-50-52(51-67-58-56(62)57(70-71(63,64)65)55(61)53(49-59)69-58)68-54(60)47-45-43-41-39-37-35-33-31-29-27-24-22-20-18-16-14-12-10-8-6-4-2/h16,18,22,24,52-53,55-59,61-62H,3-15,17,19-21,23,25-51H2,1-2H3,(H,63,64,65)/b18-16-,24-22-. The van der Waals surface area contributed by atoms with E-state index in [1.54, 1.807) is 0 Å². The predicted molar refractivity (Wildman–Crippen MR) is 290 cm³/mol. The van der Waals surface area contributed by atoms with Gasteiger partial charge in [-0.25, -0.2) is 4.18 Å². The number of esters is 1. The molecule has 1 aliphatic rings. The average Bonchev–Trinajstić information content (AvgIpc) is 3.35. The normalized spacial score (nSPS) is 19.1. The van der Waals surface area contributed by atoms with E-state index in [9.17, 15) is 33.1 Å². The second-order valence-corrected chi connectivity index (χ2v) is 21.6. The van der Waals surface area contributed by atoms with Gasteiger partial charge in [0.05, 0.1) is 19.8 Å². The molecule has 0 aliphatic carbocycles. The van der Waals surface area contributed by atoms with Crippen molar-refractivity contribution < 1.29 is 56.2 Å². The van der Waals surface area contributed by atoms with Gasteiger partial charge in [-0.05, 0) is 44.9 Å². The van der Waals surface area contributed by atoms with Crippen LogP contribution in [-0.4, -0.2) is 97.5 Å². The Morgan fingerprint density at radius 2 is 0.930 bits per heavy atom. The van der Waals surface area contributed by atoms with Gasteiger partial charge in [0.1, 0.15) is 30.5 Å². The first-order valence-corrected chi connectivity index (χ1v) is 31.0. The minimum atomic E-state index is -5.07. The molecular weight excluding hydrogens is 921 g/mol. The maximum Gasteiger partial charge on any atom is 0.397 e. The lowest BCUT2D eigenvalue weighted by molar-refractivity contribution is -0.301. The third kappa shape index (κ3) is 42.5. The molecule has 0 spiro atoms. The first-order valence-electron chi connectivity index (χ1n) is 29.6. The molecule has 0 bridgehead atoms. The predicted octanol–water partition coefficient (Wildman–Crippen LogP) is 14.7. The topological polar surface area (TPSA) is 178 Å². The molecule has 1 saturated heterocycles. The largest absolute Gasteiger partial charge is 0.457 e. The van der Waals surface area contributed by atoms with E-state index < -0.39 is 59.8 Å². The number of carbonyl (C=O) groups excluding carboxylic acids is 1. The molecule has 13 heteroatoms. The van der Waals surface area contributed by atoms with Crippen molar-refractivity contribution in [1.29, 1.82) is 0 Å². The van der Waals surface area contributed by atoms with Crippen molar-refractivity contribution in [2.45, 2.75) is 314 Å². The maximum atomic E-state index is 13.0. The summed E-state index contributed by atoms with van der Waals surface area (Å²) < 4.78 is 59.5. The van der Waals surface area contributed by atoms with Crippen molar-refractivity contribution in [3.8, 4) is 0 Å². The number of rotatable bonds is 53. The summed E-state index contributed by atoms with van der Waals surface area (Å²) in [5, 5.41) is 30.8. The van der Waals surface area contributed by atoms with Gasteiger partial charge in [-0.2, -0.15) is 8.42 Å². The zero-order chi connectivity index (χ0) is 51.7. The minimum Gasteiger partial charge on any atom is -0.457 e. The Morgan fingerprint density at radius 3 is 1.34 bits per heavy atom. The molecule has 6 atom stereocenters. The molecule has 0 aromatic heterocycles. The lowest BCUT2D eigenvalue weighted by atomic mass is 9.99. The van der Waals surface area contributed by atoms with Crippen molar-refractivity contribution in [2.24, 2.45) is 0 Å². The highest BCUT2D eigenvalue weighted by molar-refractivity contribution is 7.80. The lowest BCUT2D eigenvalue weighted by Crippen LogP contribution is -2.60. The van der Waals surface area contributed by atoms with E-state index in [2.05, 4.69) is 42.3 Å². The molecule has 1 aliphatic heterocycles. The van der Waals surface area contributed by atoms with Crippen LogP contribution >= 0.6 is 0 Å². The molecule has 1 heterocycles. The van der Waals surface area contributed by atoms with E-state index in [-0.39, 0.29) is 19.6 Å². The lowest BCUT2D eigenvalue weighted by Gasteiger charge is -2.41. The van der Waals surface area contributed by atoms with Crippen molar-refractivity contribution in [1.82, 2.24) is 0 Å². The Balaban J connectivity index is 2.28. The summed E-state index contributed by atoms with van der Waals surface area (Å²) in [6.45, 7) is 4.04. The fourth-order valence-corrected chi connectivity index (χ4v) is 9.86. The Bertz CT molecular complexity index is 1330. The molecule has 1 rings (SSSR count). The Morgan fingerprint density at radius 1 is 0.535 bits per heavy atom. The highest BCUT2D eigenvalue weighted by Crippen LogP contribution is 2.26. The maximum absolute atomic E-state index is 13.0. The number of ether oxygens (including phenoxy) is 4. The number of allylic oxidation sites excluding steroid dienone is 4. The monoisotopic (exact) mass is 1030 g/mol. The van der Waals surface area contributed by atoms with Crippen LogP contribution in [0.3, 0.4) is 0 Å². The first-order chi connectivity index (χ1) is 34.6. The van der Waals surface area contributed by atoms with E-state index in [0.29, 0.717) is 13.0 Å². The summed E-state index contributed by atoms with van der Waals surface area (Å²) in [7, 11) is -5.07. The smallest absolute Gasteiger partial charge is 0.397 e. The summed E-state index contributed by atoms with van der Waals surface area (Å²) in [4.78, 5) is 13.0. The summed E-state index contributed by atoms with van der Waals surface area (Å²) in [6, 6.07) is 0. The molecule has 0 amide bonds. The van der Waals surface area contributed by atoms with Crippen LogP contribution in [0.5, 0.6) is 0 Å². The molecule has 0 radical (unpaired) electrons. The number of aliphatic hydroxyl groups is 3. The van der Waals surface area contributed by atoms with E-state index in [0.717, 1.165) is 51.4 Å². The number of unbranched alkanes of at least 4 members (excludes halogenated alkanes) is 36. The Hall–Kier alpha value is -1.42. The van der Waals surface area contributed by atoms with Gasteiger partial charge in [0.15, 0.2) is 6.29 Å². The van der Waals surface area contributed by atoms with Crippen molar-refractivity contribution in [3.63, 3.8) is 0 Å². The molecule has 6 unspecified atom stereocenters. The number of aliphatic hydroxyl groups excluding tert-OH is 3. The fourth-order valence-electron chi connectivity index (χ4n) is 9.35. The second kappa shape index (κ2) is 49.5. The van der Waals surface area contributed by atoms with Crippen LogP contribution in [0.15, 0.2) is 24.3 Å². The summed E-state index contributed by atoms with van der Waals surface area (Å²) in [5.74, 6) is -0.397. The number of carbonyl (C=O) groups is 1. The molecular formula is C58H110O12S. The second-order valence-electron chi connectivity index (χ2n) is 20.6. The number of hydrogen-bond acceptors (Lipinski definition) is 11. The van der Waals surface area contributed by atoms with Gasteiger partial charge >= 0.3 is 16.4 Å². The third-order valence-corrected chi connectivity index (χ3v) is 14.3. The molecule has 71 heavy (non-hydrogen) atoms. The van der Waals surface area contributed by atoms with Crippen LogP contribution in [-0.2, 0) is 38.3 Å². The minimum absolute atomic E-state index is 0.0395. The van der Waals surface area contributed by atoms with Gasteiger partial charge in [-0.1, -0.05) is 250 Å². The van der Waals surface area contributed by atoms with Crippen LogP contribution in [0.25, 0.3) is 0 Å². The van der Waals surface area contributed by atoms with Crippen LogP contribution in [0.2, 0.25) is 0 Å². The number of hydrogen-bond donors (Lipinski definition) is 4. The van der Waals surface area contributed by atoms with E-state index in [1.807, 2.05) is 0 Å². The molecule has 0 aromatic carbocycles. The molecule has 1 fully saturated rings. The van der Waals surface area contributed by atoms with E-state index in [4.69, 9.17) is 18.9 Å². The molecule has 420 valence electrons. The average molecular weight is 1030 g/mol. The zero-order valence-corrected chi connectivity index (χ0v) is 46.4. The fraction of sp³-hybridized carbons (Fsp3) is 0.914. The highest BCUT2D eigenvalue weighted by Gasteiger charge is 2.48. The molecule has 0 saturated carbocycles. The quantitative estimate of drug-likeness (QED) is 0.0196. The van der Waals surface area contributed by atoms with Crippen molar-refractivity contribution >= 4 is 16.4 Å². The van der Waals surface area contributed by atoms with Crippen LogP contribution in [0.1, 0.15) is 277 Å². The summed E-state index contributed by atoms with van der Waals surface area (Å²) in [6.07, 6.45) is 50.7. The van der Waals surface area contributed by atoms with Gasteiger partial charge in [-0.15, -0.1) is 0 Å². The van der Waals surface area contributed by atoms with Gasteiger partial charge in [-0.3, -0.25) is 9.35 Å². The van der Waals surface area contributed by atoms with E-state index >= 15 is 0 Å². The van der Waals surface area contributed by atoms with Gasteiger partial charge in [0, 0.05) is 13.0 Å². The SMILES string of the molecule is CCCCCCC/C=C\C/C=C\CCCCCCCCCCCC(=O)OC(COCCCCCCCCCCCCCCCCCCCCCCCCC)COC1OC(CO)C(O)C(OS(=O)(=O)O)C1O. The molecule has 0 aromatic rings. The van der Waals surface area contributed by atoms with Crippen LogP contribution in [0, 0.1) is 0 Å². The summed E-state index contributed by atoms with van der Waals surface area (Å²) in [5.41, 5.74) is 0. The van der Waals surface area contributed by atoms with Crippen molar-refractivity contribution in [3.05, 3.63) is 24.3 Å². The zero-order valence-electron chi connectivity index (χ0n) is 45.6. The Labute approximate surface area is 435 Å². The van der Waals surface area contributed by atoms with E-state index in [1.165, 1.54) is 199 Å². The Kier molecular flexibility index (Phi) is 47.1. The van der Waals surface area contributed by atoms with Gasteiger partial charge in [0.2, 0.25) is 0 Å². The van der Waals surface area contributed by atoms with Crippen LogP contribution in [0.4, 0.5) is 0 Å². The summed E-state index contributed by atoms with van der Waals surface area (Å²) >= 11 is 0. The van der Waals surface area contributed by atoms with Gasteiger partial charge in [0.25, 0.3) is 0 Å². The third-order valence-electron chi connectivity index (χ3n) is 13.8. The first kappa shape index (κ1) is 67.6. The highest BCUT2D eigenvalue weighted by atomic mass is 32.3. The van der Waals surface area contributed by atoms with Crippen molar-refractivity contribution in [2.75, 3.05) is 26.4 Å². The molecule has 12 nitrogen and oxygen atoms in total. The van der Waals surface area contributed by atoms with Crippen LogP contribution < -0.4 is 0 Å². The van der Waals surface area contributed by atoms with Gasteiger partial charge < -0.3 is 34.3 Å². The molecule has 4 N–H and O–H groups in total.